The Morgan fingerprint density at radius 1 is 1.59 bits per heavy atom. The number of carboxylic acid groups (broad SMARTS) is 1. The van der Waals surface area contributed by atoms with E-state index in [2.05, 4.69) is 35.5 Å². The number of aliphatic carboxylic acids is 1. The number of benzene rings is 1. The minimum Gasteiger partial charge on any atom is -0.480 e. The first kappa shape index (κ1) is 11.9. The van der Waals surface area contributed by atoms with Gasteiger partial charge in [0.1, 0.15) is 6.04 Å². The maximum absolute atomic E-state index is 10.7. The molecule has 92 valence electrons. The number of carbonyl (C=O) groups is 1. The predicted molar refractivity (Wildman–Crippen MR) is 67.4 cm³/mol. The number of fused-ring (bicyclic) bond motifs is 1. The zero-order chi connectivity index (χ0) is 12.4. The van der Waals surface area contributed by atoms with E-state index in [1.807, 2.05) is 0 Å². The Kier molecular flexibility index (Phi) is 3.33. The van der Waals surface area contributed by atoms with E-state index in [1.165, 1.54) is 11.3 Å². The van der Waals surface area contributed by atoms with Crippen molar-refractivity contribution in [3.8, 4) is 0 Å². The molecule has 0 fully saturated rings. The highest BCUT2D eigenvalue weighted by atomic mass is 16.4. The third-order valence-electron chi connectivity index (χ3n) is 3.25. The molecule has 1 aromatic carbocycles. The van der Waals surface area contributed by atoms with Gasteiger partial charge in [0.05, 0.1) is 0 Å². The first-order valence-electron chi connectivity index (χ1n) is 5.87. The van der Waals surface area contributed by atoms with Crippen molar-refractivity contribution in [3.05, 3.63) is 29.3 Å². The van der Waals surface area contributed by atoms with E-state index in [-0.39, 0.29) is 0 Å². The number of hydrogen-bond donors (Lipinski definition) is 2. The largest absolute Gasteiger partial charge is 0.480 e. The third kappa shape index (κ3) is 2.58. The summed E-state index contributed by atoms with van der Waals surface area (Å²) in [6.45, 7) is 3.33. The van der Waals surface area contributed by atoms with Crippen LogP contribution in [0.3, 0.4) is 0 Å². The summed E-state index contributed by atoms with van der Waals surface area (Å²) < 4.78 is 0. The lowest BCUT2D eigenvalue weighted by Crippen LogP contribution is -2.33. The van der Waals surface area contributed by atoms with E-state index in [0.29, 0.717) is 6.54 Å². The molecular weight excluding hydrogens is 216 g/mol. The molecule has 0 radical (unpaired) electrons. The summed E-state index contributed by atoms with van der Waals surface area (Å²) in [6.07, 6.45) is 1.08. The molecule has 0 amide bonds. The van der Waals surface area contributed by atoms with Crippen molar-refractivity contribution in [1.82, 2.24) is 5.32 Å². The van der Waals surface area contributed by atoms with Crippen LogP contribution in [0, 0.1) is 0 Å². The van der Waals surface area contributed by atoms with Crippen LogP contribution in [-0.2, 0) is 17.8 Å². The molecule has 0 bridgehead atoms. The molecule has 0 aromatic heterocycles. The van der Waals surface area contributed by atoms with E-state index >= 15 is 0 Å². The normalized spacial score (nSPS) is 15.8. The molecule has 1 atom stereocenters. The summed E-state index contributed by atoms with van der Waals surface area (Å²) in [5, 5.41) is 11.8. The summed E-state index contributed by atoms with van der Waals surface area (Å²) >= 11 is 0. The van der Waals surface area contributed by atoms with Crippen LogP contribution in [0.15, 0.2) is 18.2 Å². The van der Waals surface area contributed by atoms with Gasteiger partial charge in [-0.3, -0.25) is 4.79 Å². The van der Waals surface area contributed by atoms with Crippen molar-refractivity contribution in [3.63, 3.8) is 0 Å². The summed E-state index contributed by atoms with van der Waals surface area (Å²) in [4.78, 5) is 12.9. The number of nitrogens with zero attached hydrogens (tertiary/aromatic N) is 1. The molecule has 1 aliphatic rings. The van der Waals surface area contributed by atoms with Gasteiger partial charge in [-0.1, -0.05) is 12.1 Å². The van der Waals surface area contributed by atoms with Crippen LogP contribution >= 0.6 is 0 Å². The Bertz CT molecular complexity index is 431. The Labute approximate surface area is 101 Å². The minimum atomic E-state index is -0.814. The Morgan fingerprint density at radius 3 is 3.06 bits per heavy atom. The SMILES string of the molecule is CC(NCc1ccc2c(c1)CCN2C)C(=O)O. The molecule has 1 aliphatic heterocycles. The molecule has 2 N–H and O–H groups in total. The molecule has 1 aromatic rings. The Morgan fingerprint density at radius 2 is 2.35 bits per heavy atom. The van der Waals surface area contributed by atoms with Crippen LogP contribution in [-0.4, -0.2) is 30.7 Å². The fourth-order valence-corrected chi connectivity index (χ4v) is 2.09. The van der Waals surface area contributed by atoms with Gasteiger partial charge in [0, 0.05) is 25.8 Å². The topological polar surface area (TPSA) is 52.6 Å². The highest BCUT2D eigenvalue weighted by molar-refractivity contribution is 5.72. The minimum absolute atomic E-state index is 0.508. The van der Waals surface area contributed by atoms with Crippen LogP contribution in [0.4, 0.5) is 5.69 Å². The van der Waals surface area contributed by atoms with Gasteiger partial charge in [0.2, 0.25) is 0 Å². The number of nitrogens with one attached hydrogen (secondary N) is 1. The average molecular weight is 234 g/mol. The maximum atomic E-state index is 10.7. The second kappa shape index (κ2) is 4.75. The standard InChI is InChI=1S/C13H18N2O2/c1-9(13(16)17)14-8-10-3-4-12-11(7-10)5-6-15(12)2/h3-4,7,9,14H,5-6,8H2,1-2H3,(H,16,17). The van der Waals surface area contributed by atoms with E-state index in [4.69, 9.17) is 5.11 Å². The van der Waals surface area contributed by atoms with Crippen LogP contribution in [0.5, 0.6) is 0 Å². The van der Waals surface area contributed by atoms with Gasteiger partial charge in [0.25, 0.3) is 0 Å². The van der Waals surface area contributed by atoms with Gasteiger partial charge in [-0.25, -0.2) is 0 Å². The van der Waals surface area contributed by atoms with Crippen molar-refractivity contribution in [1.29, 1.82) is 0 Å². The first-order chi connectivity index (χ1) is 8.08. The van der Waals surface area contributed by atoms with Crippen molar-refractivity contribution >= 4 is 11.7 Å². The molecule has 1 heterocycles. The molecule has 1 unspecified atom stereocenters. The van der Waals surface area contributed by atoms with Crippen LogP contribution in [0.1, 0.15) is 18.1 Å². The summed E-state index contributed by atoms with van der Waals surface area (Å²) in [6, 6.07) is 5.83. The second-order valence-corrected chi connectivity index (χ2v) is 4.58. The van der Waals surface area contributed by atoms with Gasteiger partial charge >= 0.3 is 5.97 Å². The lowest BCUT2D eigenvalue weighted by Gasteiger charge is -2.13. The molecule has 4 heteroatoms. The monoisotopic (exact) mass is 234 g/mol. The zero-order valence-electron chi connectivity index (χ0n) is 10.2. The van der Waals surface area contributed by atoms with Crippen molar-refractivity contribution < 1.29 is 9.90 Å². The van der Waals surface area contributed by atoms with E-state index in [0.717, 1.165) is 18.5 Å². The quantitative estimate of drug-likeness (QED) is 0.823. The molecule has 0 spiro atoms. The molecule has 0 aliphatic carbocycles. The van der Waals surface area contributed by atoms with Gasteiger partial charge in [-0.05, 0) is 30.5 Å². The first-order valence-corrected chi connectivity index (χ1v) is 5.87. The number of anilines is 1. The van der Waals surface area contributed by atoms with Gasteiger partial charge in [0.15, 0.2) is 0 Å². The smallest absolute Gasteiger partial charge is 0.320 e. The summed E-state index contributed by atoms with van der Waals surface area (Å²) in [7, 11) is 2.09. The van der Waals surface area contributed by atoms with E-state index < -0.39 is 12.0 Å². The van der Waals surface area contributed by atoms with Gasteiger partial charge in [-0.15, -0.1) is 0 Å². The molecule has 0 saturated heterocycles. The summed E-state index contributed by atoms with van der Waals surface area (Å²) in [5.74, 6) is -0.814. The van der Waals surface area contributed by atoms with Crippen molar-refractivity contribution in [2.45, 2.75) is 25.9 Å². The van der Waals surface area contributed by atoms with Gasteiger partial charge < -0.3 is 15.3 Å². The lowest BCUT2D eigenvalue weighted by atomic mass is 10.1. The highest BCUT2D eigenvalue weighted by Crippen LogP contribution is 2.27. The van der Waals surface area contributed by atoms with Crippen LogP contribution < -0.4 is 10.2 Å². The molecular formula is C13H18N2O2. The number of rotatable bonds is 4. The number of carboxylic acids is 1. The Balaban J connectivity index is 2.01. The summed E-state index contributed by atoms with van der Waals surface area (Å²) in [5.41, 5.74) is 3.79. The molecule has 17 heavy (non-hydrogen) atoms. The van der Waals surface area contributed by atoms with Gasteiger partial charge in [-0.2, -0.15) is 0 Å². The van der Waals surface area contributed by atoms with Crippen LogP contribution in [0.2, 0.25) is 0 Å². The highest BCUT2D eigenvalue weighted by Gasteiger charge is 2.16. The fraction of sp³-hybridized carbons (Fsp3) is 0.462. The van der Waals surface area contributed by atoms with Crippen molar-refractivity contribution in [2.24, 2.45) is 0 Å². The number of hydrogen-bond acceptors (Lipinski definition) is 3. The zero-order valence-corrected chi connectivity index (χ0v) is 10.2. The molecule has 2 rings (SSSR count). The predicted octanol–water partition coefficient (Wildman–Crippen LogP) is 1.24. The third-order valence-corrected chi connectivity index (χ3v) is 3.25. The number of likely N-dealkylation sites (N-methyl/N-ethyl adjacent to an activating group) is 1. The maximum Gasteiger partial charge on any atom is 0.320 e. The lowest BCUT2D eigenvalue weighted by molar-refractivity contribution is -0.139. The van der Waals surface area contributed by atoms with E-state index in [1.54, 1.807) is 6.92 Å². The average Bonchev–Trinajstić information content (AvgIpc) is 2.67. The van der Waals surface area contributed by atoms with E-state index in [9.17, 15) is 4.79 Å². The fourth-order valence-electron chi connectivity index (χ4n) is 2.09. The van der Waals surface area contributed by atoms with Crippen molar-refractivity contribution in [2.75, 3.05) is 18.5 Å². The second-order valence-electron chi connectivity index (χ2n) is 4.58. The Hall–Kier alpha value is -1.55. The molecule has 0 saturated carbocycles. The van der Waals surface area contributed by atoms with Crippen LogP contribution in [0.25, 0.3) is 0 Å². The molecule has 4 nitrogen and oxygen atoms in total.